The van der Waals surface area contributed by atoms with Crippen molar-refractivity contribution in [1.29, 1.82) is 0 Å². The van der Waals surface area contributed by atoms with E-state index in [1.165, 1.54) is 12.1 Å². The molecule has 1 heterocycles. The molecule has 0 radical (unpaired) electrons. The van der Waals surface area contributed by atoms with Gasteiger partial charge in [0.15, 0.2) is 0 Å². The molecule has 2 rings (SSSR count). The smallest absolute Gasteiger partial charge is 0.417 e. The molecule has 9 heteroatoms. The Balaban J connectivity index is 1.72. The zero-order chi connectivity index (χ0) is 20.0. The van der Waals surface area contributed by atoms with E-state index in [1.54, 1.807) is 6.92 Å². The number of pyridine rings is 1. The number of carbonyl (C=O) groups is 1. The Labute approximate surface area is 159 Å². The lowest BCUT2D eigenvalue weighted by Crippen LogP contribution is -2.13. The molecule has 0 aliphatic heterocycles. The van der Waals surface area contributed by atoms with Gasteiger partial charge in [0.05, 0.1) is 17.2 Å². The number of aromatic hydroxyl groups is 1. The van der Waals surface area contributed by atoms with E-state index in [1.807, 2.05) is 0 Å². The molecular formula is C18H18ClF3N2O3. The number of aryl methyl sites for hydroxylation is 1. The lowest BCUT2D eigenvalue weighted by Gasteiger charge is -2.11. The van der Waals surface area contributed by atoms with Crippen molar-refractivity contribution in [3.8, 4) is 11.5 Å². The monoisotopic (exact) mass is 402 g/mol. The Morgan fingerprint density at radius 2 is 2.04 bits per heavy atom. The van der Waals surface area contributed by atoms with Crippen LogP contribution < -0.4 is 10.1 Å². The van der Waals surface area contributed by atoms with Crippen LogP contribution in [0, 0.1) is 6.92 Å². The van der Waals surface area contributed by atoms with Gasteiger partial charge in [-0.1, -0.05) is 11.6 Å². The minimum absolute atomic E-state index is 0.0541. The highest BCUT2D eigenvalue weighted by Gasteiger charge is 2.30. The number of aromatic nitrogens is 1. The molecule has 0 aliphatic rings. The molecule has 2 aromatic rings. The highest BCUT2D eigenvalue weighted by molar-refractivity contribution is 6.32. The predicted molar refractivity (Wildman–Crippen MR) is 95.1 cm³/mol. The van der Waals surface area contributed by atoms with Gasteiger partial charge in [0, 0.05) is 18.7 Å². The molecule has 0 saturated carbocycles. The van der Waals surface area contributed by atoms with Gasteiger partial charge in [0.25, 0.3) is 0 Å². The van der Waals surface area contributed by atoms with Gasteiger partial charge in [-0.3, -0.25) is 4.79 Å². The highest BCUT2D eigenvalue weighted by Crippen LogP contribution is 2.32. The molecule has 0 aliphatic carbocycles. The number of phenols is 1. The van der Waals surface area contributed by atoms with Crippen LogP contribution in [0.2, 0.25) is 5.02 Å². The maximum atomic E-state index is 12.5. The van der Waals surface area contributed by atoms with Crippen LogP contribution in [0.3, 0.4) is 0 Å². The molecule has 0 atom stereocenters. The molecule has 1 amide bonds. The maximum absolute atomic E-state index is 12.5. The number of halogens is 4. The normalized spacial score (nSPS) is 11.3. The van der Waals surface area contributed by atoms with Crippen molar-refractivity contribution in [2.75, 3.05) is 11.9 Å². The predicted octanol–water partition coefficient (Wildman–Crippen LogP) is 4.96. The van der Waals surface area contributed by atoms with Gasteiger partial charge in [0.1, 0.15) is 17.3 Å². The number of nitrogens with one attached hydrogen (secondary N) is 1. The van der Waals surface area contributed by atoms with Crippen molar-refractivity contribution in [3.05, 3.63) is 46.6 Å². The van der Waals surface area contributed by atoms with Crippen molar-refractivity contribution >= 4 is 23.3 Å². The molecule has 1 aromatic heterocycles. The number of phenolic OH excluding ortho intramolecular Hbond substituents is 1. The molecule has 0 bridgehead atoms. The zero-order valence-corrected chi connectivity index (χ0v) is 15.2. The summed E-state index contributed by atoms with van der Waals surface area (Å²) in [6, 6.07) is 4.89. The average Bonchev–Trinajstić information content (AvgIpc) is 2.56. The second kappa shape index (κ2) is 8.94. The fourth-order valence-electron chi connectivity index (χ4n) is 2.30. The van der Waals surface area contributed by atoms with Crippen LogP contribution in [0.1, 0.15) is 30.4 Å². The summed E-state index contributed by atoms with van der Waals surface area (Å²) in [7, 11) is 0. The summed E-state index contributed by atoms with van der Waals surface area (Å²) in [5.41, 5.74) is -0.174. The number of alkyl halides is 3. The van der Waals surface area contributed by atoms with E-state index >= 15 is 0 Å². The summed E-state index contributed by atoms with van der Waals surface area (Å²) in [4.78, 5) is 15.4. The SMILES string of the molecule is Cc1cc(O)cc(Cl)c1OCCCCC(=O)Nc1ccc(C(F)(F)F)cn1. The summed E-state index contributed by atoms with van der Waals surface area (Å²) in [6.45, 7) is 2.09. The van der Waals surface area contributed by atoms with Crippen molar-refractivity contribution < 1.29 is 27.8 Å². The quantitative estimate of drug-likeness (QED) is 0.642. The topological polar surface area (TPSA) is 71.5 Å². The van der Waals surface area contributed by atoms with Crippen molar-refractivity contribution in [2.45, 2.75) is 32.4 Å². The minimum Gasteiger partial charge on any atom is -0.508 e. The van der Waals surface area contributed by atoms with Crippen LogP contribution in [0.4, 0.5) is 19.0 Å². The first kappa shape index (κ1) is 20.8. The van der Waals surface area contributed by atoms with E-state index in [9.17, 15) is 23.1 Å². The Kier molecular flexibility index (Phi) is 6.90. The van der Waals surface area contributed by atoms with Crippen molar-refractivity contribution in [3.63, 3.8) is 0 Å². The Hall–Kier alpha value is -2.48. The number of rotatable bonds is 7. The summed E-state index contributed by atoms with van der Waals surface area (Å²) >= 11 is 6.00. The van der Waals surface area contributed by atoms with Crippen LogP contribution >= 0.6 is 11.6 Å². The molecule has 0 saturated heterocycles. The molecule has 5 nitrogen and oxygen atoms in total. The number of nitrogens with zero attached hydrogens (tertiary/aromatic N) is 1. The van der Waals surface area contributed by atoms with E-state index in [4.69, 9.17) is 16.3 Å². The van der Waals surface area contributed by atoms with E-state index in [2.05, 4.69) is 10.3 Å². The maximum Gasteiger partial charge on any atom is 0.417 e. The van der Waals surface area contributed by atoms with Gasteiger partial charge in [-0.05, 0) is 43.5 Å². The third kappa shape index (κ3) is 6.32. The third-order valence-electron chi connectivity index (χ3n) is 3.62. The number of hydrogen-bond acceptors (Lipinski definition) is 4. The van der Waals surface area contributed by atoms with E-state index in [-0.39, 0.29) is 23.9 Å². The highest BCUT2D eigenvalue weighted by atomic mass is 35.5. The Morgan fingerprint density at radius 1 is 1.30 bits per heavy atom. The van der Waals surface area contributed by atoms with Gasteiger partial charge in [-0.25, -0.2) is 4.98 Å². The van der Waals surface area contributed by atoms with Crippen molar-refractivity contribution in [2.24, 2.45) is 0 Å². The first-order chi connectivity index (χ1) is 12.7. The molecule has 146 valence electrons. The molecule has 1 aromatic carbocycles. The second-order valence-corrected chi connectivity index (χ2v) is 6.26. The lowest BCUT2D eigenvalue weighted by molar-refractivity contribution is -0.137. The van der Waals surface area contributed by atoms with Crippen LogP contribution in [0.25, 0.3) is 0 Å². The van der Waals surface area contributed by atoms with Crippen LogP contribution in [-0.4, -0.2) is 22.6 Å². The molecule has 0 unspecified atom stereocenters. The summed E-state index contributed by atoms with van der Waals surface area (Å²) in [6.07, 6.45) is -2.53. The first-order valence-corrected chi connectivity index (χ1v) is 8.49. The summed E-state index contributed by atoms with van der Waals surface area (Å²) in [5.74, 6) is 0.253. The fraction of sp³-hybridized carbons (Fsp3) is 0.333. The van der Waals surface area contributed by atoms with Gasteiger partial charge in [-0.15, -0.1) is 0 Å². The van der Waals surface area contributed by atoms with Gasteiger partial charge >= 0.3 is 6.18 Å². The van der Waals surface area contributed by atoms with Gasteiger partial charge in [0.2, 0.25) is 5.91 Å². The zero-order valence-electron chi connectivity index (χ0n) is 14.4. The van der Waals surface area contributed by atoms with Gasteiger partial charge < -0.3 is 15.2 Å². The Morgan fingerprint density at radius 3 is 2.63 bits per heavy atom. The lowest BCUT2D eigenvalue weighted by atomic mass is 10.2. The number of carbonyl (C=O) groups excluding carboxylic acids is 1. The molecule has 27 heavy (non-hydrogen) atoms. The summed E-state index contributed by atoms with van der Waals surface area (Å²) < 4.78 is 42.9. The minimum atomic E-state index is -4.46. The number of amides is 1. The van der Waals surface area contributed by atoms with Crippen molar-refractivity contribution in [1.82, 2.24) is 4.98 Å². The second-order valence-electron chi connectivity index (χ2n) is 5.86. The molecule has 0 spiro atoms. The number of anilines is 1. The number of unbranched alkanes of at least 4 members (excludes halogenated alkanes) is 1. The van der Waals surface area contributed by atoms with E-state index < -0.39 is 11.7 Å². The standard InChI is InChI=1S/C18H18ClF3N2O3/c1-11-8-13(25)9-14(19)17(11)27-7-3-2-4-16(26)24-15-6-5-12(10-23-15)18(20,21)22/h5-6,8-10,25H,2-4,7H2,1H3,(H,23,24,26). The van der Waals surface area contributed by atoms with Crippen LogP contribution in [0.15, 0.2) is 30.5 Å². The molecule has 2 N–H and O–H groups in total. The van der Waals surface area contributed by atoms with Crippen LogP contribution in [-0.2, 0) is 11.0 Å². The van der Waals surface area contributed by atoms with E-state index in [0.29, 0.717) is 42.0 Å². The van der Waals surface area contributed by atoms with Gasteiger partial charge in [-0.2, -0.15) is 13.2 Å². The number of benzene rings is 1. The molecule has 0 fully saturated rings. The Bertz CT molecular complexity index is 772. The number of hydrogen-bond donors (Lipinski definition) is 2. The first-order valence-electron chi connectivity index (χ1n) is 8.12. The van der Waals surface area contributed by atoms with Crippen LogP contribution in [0.5, 0.6) is 11.5 Å². The average molecular weight is 403 g/mol. The van der Waals surface area contributed by atoms with E-state index in [0.717, 1.165) is 12.1 Å². The largest absolute Gasteiger partial charge is 0.508 e. The summed E-state index contributed by atoms with van der Waals surface area (Å²) in [5, 5.41) is 12.2. The molecular weight excluding hydrogens is 385 g/mol. The third-order valence-corrected chi connectivity index (χ3v) is 3.90. The number of ether oxygens (including phenoxy) is 1. The fourth-order valence-corrected chi connectivity index (χ4v) is 2.61.